The quantitative estimate of drug-likeness (QED) is 0.219. The maximum absolute atomic E-state index is 14.6. The molecule has 3 aromatic carbocycles. The van der Waals surface area contributed by atoms with Crippen molar-refractivity contribution < 1.29 is 9.18 Å². The molecule has 0 aliphatic heterocycles. The lowest BCUT2D eigenvalue weighted by Crippen LogP contribution is -2.22. The molecule has 0 saturated carbocycles. The first-order chi connectivity index (χ1) is 16.0. The van der Waals surface area contributed by atoms with E-state index in [-0.39, 0.29) is 17.2 Å². The summed E-state index contributed by atoms with van der Waals surface area (Å²) in [4.78, 5) is 30.3. The van der Waals surface area contributed by atoms with Crippen molar-refractivity contribution in [2.75, 3.05) is 11.1 Å². The summed E-state index contributed by atoms with van der Waals surface area (Å²) in [6.45, 7) is 3.93. The SMILES string of the molecule is Cc1cccc(C)c1NC(=O)CCCSc1nc2ccccc2c(=O)n1-c1ccccc1F. The van der Waals surface area contributed by atoms with E-state index in [0.717, 1.165) is 16.8 Å². The van der Waals surface area contributed by atoms with Gasteiger partial charge < -0.3 is 5.32 Å². The number of carbonyl (C=O) groups excluding carboxylic acids is 1. The standard InChI is InChI=1S/C26H24FN3O2S/c1-17-9-7-10-18(2)24(17)29-23(31)15-8-16-33-26-28-21-13-5-3-11-19(21)25(32)30(26)22-14-6-4-12-20(22)27/h3-7,9-14H,8,15-16H2,1-2H3,(H,29,31). The Balaban J connectivity index is 1.52. The summed E-state index contributed by atoms with van der Waals surface area (Å²) in [7, 11) is 0. The maximum atomic E-state index is 14.6. The van der Waals surface area contributed by atoms with Crippen molar-refractivity contribution in [2.24, 2.45) is 0 Å². The Morgan fingerprint density at radius 1 is 1.00 bits per heavy atom. The first kappa shape index (κ1) is 22.7. The molecule has 4 rings (SSSR count). The van der Waals surface area contributed by atoms with Gasteiger partial charge in [-0.15, -0.1) is 0 Å². The molecule has 0 radical (unpaired) electrons. The van der Waals surface area contributed by atoms with Gasteiger partial charge in [0.05, 0.1) is 16.6 Å². The van der Waals surface area contributed by atoms with Crippen LogP contribution < -0.4 is 10.9 Å². The van der Waals surface area contributed by atoms with E-state index < -0.39 is 5.82 Å². The number of hydrogen-bond acceptors (Lipinski definition) is 4. The first-order valence-corrected chi connectivity index (χ1v) is 11.7. The second-order valence-corrected chi connectivity index (χ2v) is 8.83. The number of fused-ring (bicyclic) bond motifs is 1. The maximum Gasteiger partial charge on any atom is 0.266 e. The summed E-state index contributed by atoms with van der Waals surface area (Å²) >= 11 is 1.34. The van der Waals surface area contributed by atoms with Crippen LogP contribution in [0.4, 0.5) is 10.1 Å². The zero-order valence-electron chi connectivity index (χ0n) is 18.5. The van der Waals surface area contributed by atoms with Gasteiger partial charge in [0, 0.05) is 17.9 Å². The lowest BCUT2D eigenvalue weighted by molar-refractivity contribution is -0.116. The average molecular weight is 462 g/mol. The zero-order chi connectivity index (χ0) is 23.4. The summed E-state index contributed by atoms with van der Waals surface area (Å²) in [6.07, 6.45) is 0.916. The minimum absolute atomic E-state index is 0.0639. The Morgan fingerprint density at radius 2 is 1.70 bits per heavy atom. The minimum Gasteiger partial charge on any atom is -0.326 e. The lowest BCUT2D eigenvalue weighted by Gasteiger charge is -2.14. The Labute approximate surface area is 195 Å². The molecule has 0 aliphatic carbocycles. The molecule has 7 heteroatoms. The predicted molar refractivity (Wildman–Crippen MR) is 132 cm³/mol. The van der Waals surface area contributed by atoms with Crippen LogP contribution in [0.15, 0.2) is 76.7 Å². The number of nitrogens with one attached hydrogen (secondary N) is 1. The minimum atomic E-state index is -0.494. The van der Waals surface area contributed by atoms with Crippen LogP contribution in [0.1, 0.15) is 24.0 Å². The topological polar surface area (TPSA) is 64.0 Å². The van der Waals surface area contributed by atoms with Gasteiger partial charge in [-0.2, -0.15) is 0 Å². The molecule has 0 saturated heterocycles. The van der Waals surface area contributed by atoms with Crippen molar-refractivity contribution in [3.05, 3.63) is 94.0 Å². The van der Waals surface area contributed by atoms with Crippen molar-refractivity contribution >= 4 is 34.3 Å². The van der Waals surface area contributed by atoms with Gasteiger partial charge in [-0.1, -0.05) is 54.2 Å². The number of thioether (sulfide) groups is 1. The van der Waals surface area contributed by atoms with E-state index in [9.17, 15) is 14.0 Å². The zero-order valence-corrected chi connectivity index (χ0v) is 19.3. The molecule has 1 amide bonds. The largest absolute Gasteiger partial charge is 0.326 e. The Hall–Kier alpha value is -3.45. The number of amides is 1. The van der Waals surface area contributed by atoms with Crippen molar-refractivity contribution in [3.8, 4) is 5.69 Å². The number of carbonyl (C=O) groups is 1. The van der Waals surface area contributed by atoms with Gasteiger partial charge in [-0.05, 0) is 55.7 Å². The molecule has 0 unspecified atom stereocenters. The highest BCUT2D eigenvalue weighted by Gasteiger charge is 2.16. The van der Waals surface area contributed by atoms with Crippen molar-refractivity contribution in [2.45, 2.75) is 31.8 Å². The number of nitrogens with zero attached hydrogens (tertiary/aromatic N) is 2. The number of anilines is 1. The summed E-state index contributed by atoms with van der Waals surface area (Å²) in [5.74, 6) is -0.00293. The highest BCUT2D eigenvalue weighted by Crippen LogP contribution is 2.24. The number of hydrogen-bond donors (Lipinski definition) is 1. The third kappa shape index (κ3) is 4.98. The van der Waals surface area contributed by atoms with E-state index in [1.807, 2.05) is 38.1 Å². The van der Waals surface area contributed by atoms with Crippen LogP contribution in [0.25, 0.3) is 16.6 Å². The van der Waals surface area contributed by atoms with Gasteiger partial charge in [0.25, 0.3) is 5.56 Å². The van der Waals surface area contributed by atoms with Crippen LogP contribution >= 0.6 is 11.8 Å². The molecule has 5 nitrogen and oxygen atoms in total. The molecule has 0 spiro atoms. The van der Waals surface area contributed by atoms with E-state index in [2.05, 4.69) is 10.3 Å². The Morgan fingerprint density at radius 3 is 2.45 bits per heavy atom. The molecule has 1 heterocycles. The molecular formula is C26H24FN3O2S. The van der Waals surface area contributed by atoms with Crippen molar-refractivity contribution in [3.63, 3.8) is 0 Å². The highest BCUT2D eigenvalue weighted by molar-refractivity contribution is 7.99. The molecule has 0 fully saturated rings. The molecule has 0 aliphatic rings. The van der Waals surface area contributed by atoms with Gasteiger partial charge in [0.2, 0.25) is 5.91 Å². The smallest absolute Gasteiger partial charge is 0.266 e. The van der Waals surface area contributed by atoms with Crippen LogP contribution in [-0.2, 0) is 4.79 Å². The fourth-order valence-corrected chi connectivity index (χ4v) is 4.61. The van der Waals surface area contributed by atoms with E-state index >= 15 is 0 Å². The van der Waals surface area contributed by atoms with Crippen molar-refractivity contribution in [1.29, 1.82) is 0 Å². The van der Waals surface area contributed by atoms with Crippen LogP contribution in [0.2, 0.25) is 0 Å². The van der Waals surface area contributed by atoms with E-state index in [4.69, 9.17) is 0 Å². The third-order valence-corrected chi connectivity index (χ3v) is 6.39. The highest BCUT2D eigenvalue weighted by atomic mass is 32.2. The summed E-state index contributed by atoms with van der Waals surface area (Å²) in [5, 5.41) is 3.82. The molecule has 4 aromatic rings. The second kappa shape index (κ2) is 10.0. The Bertz CT molecular complexity index is 1360. The Kier molecular flexibility index (Phi) is 6.89. The molecule has 0 atom stereocenters. The average Bonchev–Trinajstić information content (AvgIpc) is 2.80. The van der Waals surface area contributed by atoms with Gasteiger partial charge in [0.1, 0.15) is 5.82 Å². The summed E-state index contributed by atoms with van der Waals surface area (Å²) in [5.41, 5.74) is 3.29. The van der Waals surface area contributed by atoms with Gasteiger partial charge in [-0.3, -0.25) is 14.2 Å². The second-order valence-electron chi connectivity index (χ2n) is 7.77. The van der Waals surface area contributed by atoms with Crippen LogP contribution in [0.5, 0.6) is 0 Å². The molecule has 33 heavy (non-hydrogen) atoms. The fraction of sp³-hybridized carbons (Fsp3) is 0.192. The molecule has 1 aromatic heterocycles. The molecular weight excluding hydrogens is 437 g/mol. The van der Waals surface area contributed by atoms with E-state index in [1.54, 1.807) is 36.4 Å². The molecule has 168 valence electrons. The summed E-state index contributed by atoms with van der Waals surface area (Å²) in [6, 6.07) is 19.1. The number of halogens is 1. The van der Waals surface area contributed by atoms with Gasteiger partial charge in [-0.25, -0.2) is 9.37 Å². The molecule has 0 bridgehead atoms. The van der Waals surface area contributed by atoms with Crippen LogP contribution in [0, 0.1) is 19.7 Å². The summed E-state index contributed by atoms with van der Waals surface area (Å²) < 4.78 is 15.9. The fourth-order valence-electron chi connectivity index (χ4n) is 3.66. The number of aryl methyl sites for hydroxylation is 2. The lowest BCUT2D eigenvalue weighted by atomic mass is 10.1. The normalized spacial score (nSPS) is 11.0. The predicted octanol–water partition coefficient (Wildman–Crippen LogP) is 5.65. The van der Waals surface area contributed by atoms with Crippen molar-refractivity contribution in [1.82, 2.24) is 9.55 Å². The van der Waals surface area contributed by atoms with Gasteiger partial charge >= 0.3 is 0 Å². The number of benzene rings is 3. The molecule has 1 N–H and O–H groups in total. The first-order valence-electron chi connectivity index (χ1n) is 10.7. The van der Waals surface area contributed by atoms with E-state index in [0.29, 0.717) is 34.7 Å². The monoisotopic (exact) mass is 461 g/mol. The van der Waals surface area contributed by atoms with Gasteiger partial charge in [0.15, 0.2) is 5.16 Å². The number of para-hydroxylation sites is 3. The number of rotatable bonds is 7. The van der Waals surface area contributed by atoms with Crippen LogP contribution in [-0.4, -0.2) is 21.2 Å². The van der Waals surface area contributed by atoms with Crippen LogP contribution in [0.3, 0.4) is 0 Å². The number of aromatic nitrogens is 2. The van der Waals surface area contributed by atoms with E-state index in [1.165, 1.54) is 22.4 Å². The third-order valence-electron chi connectivity index (χ3n) is 5.36.